The third-order valence-electron chi connectivity index (χ3n) is 4.21. The largest absolute Gasteiger partial charge is 0.496 e. The van der Waals surface area contributed by atoms with E-state index in [0.717, 1.165) is 11.3 Å². The smallest absolute Gasteiger partial charge is 0.257 e. The molecule has 1 aliphatic rings. The molecule has 0 radical (unpaired) electrons. The lowest BCUT2D eigenvalue weighted by Crippen LogP contribution is -2.23. The second-order valence-electron chi connectivity index (χ2n) is 6.41. The standard InChI is InChI=1S/C18H19ClN2O3/c1-18(2,9-22)12-7-14-15(8-16(12)24-3)21-17(23)11-5-4-10(19)6-13(11)20-14/h4-8,20,22H,9H2,1-3H3,(H,21,23). The van der Waals surface area contributed by atoms with Crippen LogP contribution in [0.2, 0.25) is 5.02 Å². The number of carbonyl (C=O) groups excluding carboxylic acids is 1. The predicted molar refractivity (Wildman–Crippen MR) is 95.8 cm³/mol. The molecule has 2 aromatic carbocycles. The Hall–Kier alpha value is -2.24. The predicted octanol–water partition coefficient (Wildman–Crippen LogP) is 3.93. The summed E-state index contributed by atoms with van der Waals surface area (Å²) in [4.78, 5) is 12.4. The van der Waals surface area contributed by atoms with E-state index >= 15 is 0 Å². The molecule has 2 aromatic rings. The first-order valence-electron chi connectivity index (χ1n) is 7.57. The highest BCUT2D eigenvalue weighted by Crippen LogP contribution is 2.41. The van der Waals surface area contributed by atoms with E-state index in [1.54, 1.807) is 31.4 Å². The van der Waals surface area contributed by atoms with Crippen molar-refractivity contribution in [1.82, 2.24) is 0 Å². The van der Waals surface area contributed by atoms with E-state index in [1.165, 1.54) is 0 Å². The van der Waals surface area contributed by atoms with Gasteiger partial charge in [0.25, 0.3) is 5.91 Å². The van der Waals surface area contributed by atoms with Gasteiger partial charge in [0.1, 0.15) is 5.75 Å². The van der Waals surface area contributed by atoms with Gasteiger partial charge in [-0.2, -0.15) is 0 Å². The van der Waals surface area contributed by atoms with E-state index in [-0.39, 0.29) is 12.5 Å². The van der Waals surface area contributed by atoms with E-state index in [0.29, 0.717) is 27.7 Å². The fraction of sp³-hybridized carbons (Fsp3) is 0.278. The Morgan fingerprint density at radius 1 is 1.12 bits per heavy atom. The van der Waals surface area contributed by atoms with Crippen molar-refractivity contribution in [3.05, 3.63) is 46.5 Å². The molecule has 0 saturated heterocycles. The molecule has 5 nitrogen and oxygen atoms in total. The third-order valence-corrected chi connectivity index (χ3v) is 4.44. The Kier molecular flexibility index (Phi) is 4.15. The number of anilines is 3. The minimum absolute atomic E-state index is 0.0308. The number of benzene rings is 2. The lowest BCUT2D eigenvalue weighted by atomic mass is 9.84. The summed E-state index contributed by atoms with van der Waals surface area (Å²) in [5.41, 5.74) is 2.84. The van der Waals surface area contributed by atoms with Gasteiger partial charge >= 0.3 is 0 Å². The Balaban J connectivity index is 2.17. The fourth-order valence-electron chi connectivity index (χ4n) is 2.72. The van der Waals surface area contributed by atoms with Crippen LogP contribution in [0.4, 0.5) is 17.1 Å². The molecule has 0 bridgehead atoms. The Labute approximate surface area is 145 Å². The molecular weight excluding hydrogens is 328 g/mol. The van der Waals surface area contributed by atoms with Crippen molar-refractivity contribution < 1.29 is 14.6 Å². The van der Waals surface area contributed by atoms with Crippen LogP contribution in [0.1, 0.15) is 29.8 Å². The molecule has 3 N–H and O–H groups in total. The molecular formula is C18H19ClN2O3. The molecule has 1 amide bonds. The van der Waals surface area contributed by atoms with Crippen LogP contribution in [0.5, 0.6) is 5.75 Å². The first kappa shape index (κ1) is 16.6. The molecule has 24 heavy (non-hydrogen) atoms. The van der Waals surface area contributed by atoms with E-state index in [9.17, 15) is 9.90 Å². The van der Waals surface area contributed by atoms with E-state index in [1.807, 2.05) is 19.9 Å². The maximum atomic E-state index is 12.4. The Bertz CT molecular complexity index is 818. The first-order chi connectivity index (χ1) is 11.4. The number of fused-ring (bicyclic) bond motifs is 2. The number of halogens is 1. The van der Waals surface area contributed by atoms with Gasteiger partial charge in [-0.25, -0.2) is 0 Å². The zero-order valence-electron chi connectivity index (χ0n) is 13.7. The minimum atomic E-state index is -0.491. The van der Waals surface area contributed by atoms with E-state index in [4.69, 9.17) is 16.3 Å². The topological polar surface area (TPSA) is 70.6 Å². The van der Waals surface area contributed by atoms with Crippen LogP contribution in [0.25, 0.3) is 0 Å². The average Bonchev–Trinajstić information content (AvgIpc) is 2.68. The second kappa shape index (κ2) is 6.00. The van der Waals surface area contributed by atoms with E-state index in [2.05, 4.69) is 10.6 Å². The van der Waals surface area contributed by atoms with Crippen LogP contribution in [0.15, 0.2) is 30.3 Å². The van der Waals surface area contributed by atoms with Crippen LogP contribution < -0.4 is 15.4 Å². The molecule has 0 aliphatic carbocycles. The first-order valence-corrected chi connectivity index (χ1v) is 7.95. The zero-order chi connectivity index (χ0) is 17.5. The monoisotopic (exact) mass is 346 g/mol. The minimum Gasteiger partial charge on any atom is -0.496 e. The van der Waals surface area contributed by atoms with Gasteiger partial charge in [0.15, 0.2) is 0 Å². The summed E-state index contributed by atoms with van der Waals surface area (Å²) < 4.78 is 5.46. The number of hydrogen-bond acceptors (Lipinski definition) is 4. The molecule has 0 atom stereocenters. The van der Waals surface area contributed by atoms with Gasteiger partial charge < -0.3 is 20.5 Å². The summed E-state index contributed by atoms with van der Waals surface area (Å²) >= 11 is 6.05. The zero-order valence-corrected chi connectivity index (χ0v) is 14.5. The highest BCUT2D eigenvalue weighted by atomic mass is 35.5. The van der Waals surface area contributed by atoms with Crippen molar-refractivity contribution in [2.45, 2.75) is 19.3 Å². The van der Waals surface area contributed by atoms with Crippen LogP contribution >= 0.6 is 11.6 Å². The molecule has 0 spiro atoms. The highest BCUT2D eigenvalue weighted by Gasteiger charge is 2.27. The molecule has 3 rings (SSSR count). The van der Waals surface area contributed by atoms with Gasteiger partial charge in [-0.15, -0.1) is 0 Å². The van der Waals surface area contributed by atoms with Gasteiger partial charge in [0.05, 0.1) is 36.3 Å². The van der Waals surface area contributed by atoms with Gasteiger partial charge in [0, 0.05) is 22.1 Å². The molecule has 0 fully saturated rings. The number of ether oxygens (including phenoxy) is 1. The summed E-state index contributed by atoms with van der Waals surface area (Å²) in [7, 11) is 1.57. The number of nitrogens with one attached hydrogen (secondary N) is 2. The average molecular weight is 347 g/mol. The molecule has 1 aliphatic heterocycles. The summed E-state index contributed by atoms with van der Waals surface area (Å²) in [6, 6.07) is 8.73. The van der Waals surface area contributed by atoms with Gasteiger partial charge in [-0.1, -0.05) is 25.4 Å². The van der Waals surface area contributed by atoms with Gasteiger partial charge in [-0.05, 0) is 24.3 Å². The maximum absolute atomic E-state index is 12.4. The summed E-state index contributed by atoms with van der Waals surface area (Å²) in [6.07, 6.45) is 0. The van der Waals surface area contributed by atoms with Crippen LogP contribution in [0, 0.1) is 0 Å². The molecule has 126 valence electrons. The molecule has 1 heterocycles. The third kappa shape index (κ3) is 2.81. The Morgan fingerprint density at radius 3 is 2.50 bits per heavy atom. The lowest BCUT2D eigenvalue weighted by Gasteiger charge is -2.26. The summed E-state index contributed by atoms with van der Waals surface area (Å²) in [5.74, 6) is 0.392. The number of rotatable bonds is 3. The Morgan fingerprint density at radius 2 is 1.83 bits per heavy atom. The van der Waals surface area contributed by atoms with Crippen molar-refractivity contribution in [3.8, 4) is 5.75 Å². The van der Waals surface area contributed by atoms with Crippen molar-refractivity contribution in [2.24, 2.45) is 0 Å². The van der Waals surface area contributed by atoms with Gasteiger partial charge in [0.2, 0.25) is 0 Å². The number of aliphatic hydroxyl groups is 1. The molecule has 0 aromatic heterocycles. The number of hydrogen-bond donors (Lipinski definition) is 3. The summed E-state index contributed by atoms with van der Waals surface area (Å²) in [5, 5.41) is 16.4. The molecule has 0 saturated carbocycles. The van der Waals surface area contributed by atoms with Crippen molar-refractivity contribution in [1.29, 1.82) is 0 Å². The lowest BCUT2D eigenvalue weighted by molar-refractivity contribution is 0.102. The van der Waals surface area contributed by atoms with Crippen LogP contribution in [0.3, 0.4) is 0 Å². The fourth-order valence-corrected chi connectivity index (χ4v) is 2.89. The highest BCUT2D eigenvalue weighted by molar-refractivity contribution is 6.31. The normalized spacial score (nSPS) is 13.3. The number of amides is 1. The quantitative estimate of drug-likeness (QED) is 0.787. The van der Waals surface area contributed by atoms with Gasteiger partial charge in [-0.3, -0.25) is 4.79 Å². The van der Waals surface area contributed by atoms with Crippen molar-refractivity contribution >= 4 is 34.6 Å². The SMILES string of the molecule is COc1cc2c(cc1C(C)(C)CO)Nc1cc(Cl)ccc1C(=O)N2. The maximum Gasteiger partial charge on any atom is 0.257 e. The molecule has 0 unspecified atom stereocenters. The van der Waals surface area contributed by atoms with Crippen molar-refractivity contribution in [2.75, 3.05) is 24.4 Å². The number of aliphatic hydroxyl groups excluding tert-OH is 1. The van der Waals surface area contributed by atoms with Crippen LogP contribution in [-0.4, -0.2) is 24.7 Å². The molecule has 6 heteroatoms. The second-order valence-corrected chi connectivity index (χ2v) is 6.85. The number of carbonyl (C=O) groups is 1. The van der Waals surface area contributed by atoms with Crippen LogP contribution in [-0.2, 0) is 5.41 Å². The van der Waals surface area contributed by atoms with Crippen molar-refractivity contribution in [3.63, 3.8) is 0 Å². The summed E-state index contributed by atoms with van der Waals surface area (Å²) in [6.45, 7) is 3.83. The number of methoxy groups -OCH3 is 1. The van der Waals surface area contributed by atoms with E-state index < -0.39 is 5.41 Å².